The minimum absolute atomic E-state index is 0.0179. The molecule has 14 heavy (non-hydrogen) atoms. The molecule has 0 saturated carbocycles. The fraction of sp³-hybridized carbons (Fsp3) is 0.778. The van der Waals surface area contributed by atoms with Gasteiger partial charge in [0.05, 0.1) is 6.54 Å². The molecule has 0 aliphatic carbocycles. The Kier molecular flexibility index (Phi) is 3.46. The molecule has 0 aromatic rings. The molecule has 0 aromatic carbocycles. The molecule has 0 radical (unpaired) electrons. The van der Waals surface area contributed by atoms with Gasteiger partial charge in [0.2, 0.25) is 11.8 Å². The van der Waals surface area contributed by atoms with E-state index in [0.29, 0.717) is 19.5 Å². The first-order valence-corrected chi connectivity index (χ1v) is 4.78. The van der Waals surface area contributed by atoms with Crippen molar-refractivity contribution in [2.45, 2.75) is 19.4 Å². The highest BCUT2D eigenvalue weighted by atomic mass is 16.2. The van der Waals surface area contributed by atoms with Crippen LogP contribution in [0.4, 0.5) is 0 Å². The van der Waals surface area contributed by atoms with Gasteiger partial charge >= 0.3 is 0 Å². The molecular formula is C9H17N3O2. The Morgan fingerprint density at radius 3 is 2.64 bits per heavy atom. The Morgan fingerprint density at radius 1 is 1.43 bits per heavy atom. The van der Waals surface area contributed by atoms with Gasteiger partial charge in [-0.3, -0.25) is 9.59 Å². The molecule has 1 unspecified atom stereocenters. The Morgan fingerprint density at radius 2 is 2.07 bits per heavy atom. The van der Waals surface area contributed by atoms with Crippen LogP contribution in [-0.4, -0.2) is 54.3 Å². The number of hydrogen-bond donors (Lipinski definition) is 1. The second kappa shape index (κ2) is 4.41. The Labute approximate surface area is 83.8 Å². The van der Waals surface area contributed by atoms with E-state index in [0.717, 1.165) is 0 Å². The second-order valence-electron chi connectivity index (χ2n) is 3.82. The van der Waals surface area contributed by atoms with E-state index in [1.54, 1.807) is 11.9 Å². The lowest BCUT2D eigenvalue weighted by Crippen LogP contribution is -2.42. The molecular weight excluding hydrogens is 182 g/mol. The highest BCUT2D eigenvalue weighted by Crippen LogP contribution is 2.04. The molecule has 5 heteroatoms. The van der Waals surface area contributed by atoms with Crippen LogP contribution in [0.2, 0.25) is 0 Å². The largest absolute Gasteiger partial charge is 0.339 e. The summed E-state index contributed by atoms with van der Waals surface area (Å²) < 4.78 is 0. The van der Waals surface area contributed by atoms with Gasteiger partial charge in [0, 0.05) is 32.6 Å². The number of carbonyl (C=O) groups excluding carboxylic acids is 2. The van der Waals surface area contributed by atoms with Crippen LogP contribution in [0.1, 0.15) is 13.3 Å². The molecule has 0 bridgehead atoms. The minimum atomic E-state index is -0.0440. The lowest BCUT2D eigenvalue weighted by molar-refractivity contribution is -0.135. The van der Waals surface area contributed by atoms with Crippen molar-refractivity contribution in [3.05, 3.63) is 0 Å². The van der Waals surface area contributed by atoms with Crippen molar-refractivity contribution in [1.29, 1.82) is 0 Å². The normalized spacial score (nSPS) is 21.1. The Balaban J connectivity index is 2.61. The second-order valence-corrected chi connectivity index (χ2v) is 3.82. The molecule has 1 rings (SSSR count). The molecule has 1 aliphatic rings. The summed E-state index contributed by atoms with van der Waals surface area (Å²) >= 11 is 0. The highest BCUT2D eigenvalue weighted by Gasteiger charge is 2.24. The molecule has 0 spiro atoms. The van der Waals surface area contributed by atoms with Crippen molar-refractivity contribution in [2.75, 3.05) is 26.7 Å². The average molecular weight is 199 g/mol. The quantitative estimate of drug-likeness (QED) is 0.622. The number of amides is 2. The summed E-state index contributed by atoms with van der Waals surface area (Å²) in [4.78, 5) is 26.0. The van der Waals surface area contributed by atoms with E-state index in [1.807, 2.05) is 6.92 Å². The number of nitrogens with zero attached hydrogens (tertiary/aromatic N) is 2. The van der Waals surface area contributed by atoms with E-state index in [2.05, 4.69) is 0 Å². The van der Waals surface area contributed by atoms with Crippen LogP contribution < -0.4 is 5.73 Å². The molecule has 1 saturated heterocycles. The monoisotopic (exact) mass is 199 g/mol. The zero-order valence-corrected chi connectivity index (χ0v) is 8.69. The van der Waals surface area contributed by atoms with Crippen LogP contribution >= 0.6 is 0 Å². The van der Waals surface area contributed by atoms with Crippen molar-refractivity contribution in [3.8, 4) is 0 Å². The number of hydrogen-bond acceptors (Lipinski definition) is 3. The minimum Gasteiger partial charge on any atom is -0.339 e. The summed E-state index contributed by atoms with van der Waals surface area (Å²) in [5.74, 6) is 0.00109. The van der Waals surface area contributed by atoms with Gasteiger partial charge in [0.15, 0.2) is 0 Å². The number of likely N-dealkylation sites (N-methyl/N-ethyl adjacent to an activating group) is 1. The third kappa shape index (κ3) is 2.70. The maximum Gasteiger partial charge on any atom is 0.242 e. The highest BCUT2D eigenvalue weighted by molar-refractivity contribution is 5.87. The summed E-state index contributed by atoms with van der Waals surface area (Å²) in [5.41, 5.74) is 5.61. The summed E-state index contributed by atoms with van der Waals surface area (Å²) in [6.07, 6.45) is 0.398. The third-order valence-electron chi connectivity index (χ3n) is 2.25. The van der Waals surface area contributed by atoms with E-state index in [4.69, 9.17) is 5.73 Å². The van der Waals surface area contributed by atoms with Gasteiger partial charge in [-0.1, -0.05) is 0 Å². The van der Waals surface area contributed by atoms with Crippen molar-refractivity contribution >= 4 is 11.8 Å². The Bertz CT molecular complexity index is 240. The van der Waals surface area contributed by atoms with Gasteiger partial charge in [-0.05, 0) is 6.92 Å². The standard InChI is InChI=1S/C9H17N3O2/c1-7(10)5-12-4-3-8(13)11(2)6-9(12)14/h7H,3-6,10H2,1-2H3. The van der Waals surface area contributed by atoms with E-state index >= 15 is 0 Å². The molecule has 1 aliphatic heterocycles. The lowest BCUT2D eigenvalue weighted by Gasteiger charge is -2.22. The Hall–Kier alpha value is -1.10. The van der Waals surface area contributed by atoms with Gasteiger partial charge in [-0.2, -0.15) is 0 Å². The van der Waals surface area contributed by atoms with Crippen molar-refractivity contribution < 1.29 is 9.59 Å². The lowest BCUT2D eigenvalue weighted by atomic mass is 10.3. The van der Waals surface area contributed by atoms with Crippen LogP contribution in [0.15, 0.2) is 0 Å². The molecule has 2 amide bonds. The molecule has 1 atom stereocenters. The summed E-state index contributed by atoms with van der Waals surface area (Å²) in [7, 11) is 1.65. The third-order valence-corrected chi connectivity index (χ3v) is 2.25. The fourth-order valence-electron chi connectivity index (χ4n) is 1.48. The zero-order chi connectivity index (χ0) is 10.7. The van der Waals surface area contributed by atoms with E-state index in [9.17, 15) is 9.59 Å². The van der Waals surface area contributed by atoms with Gasteiger partial charge in [0.25, 0.3) is 0 Å². The molecule has 5 nitrogen and oxygen atoms in total. The van der Waals surface area contributed by atoms with Gasteiger partial charge in [0.1, 0.15) is 0 Å². The summed E-state index contributed by atoms with van der Waals surface area (Å²) in [6, 6.07) is -0.0440. The van der Waals surface area contributed by atoms with Crippen LogP contribution in [0.5, 0.6) is 0 Å². The summed E-state index contributed by atoms with van der Waals surface area (Å²) in [6.45, 7) is 3.04. The van der Waals surface area contributed by atoms with Crippen LogP contribution in [0, 0.1) is 0 Å². The maximum atomic E-state index is 11.6. The van der Waals surface area contributed by atoms with Gasteiger partial charge in [-0.25, -0.2) is 0 Å². The zero-order valence-electron chi connectivity index (χ0n) is 8.69. The molecule has 0 aromatic heterocycles. The molecule has 1 fully saturated rings. The van der Waals surface area contributed by atoms with Crippen molar-refractivity contribution in [1.82, 2.24) is 9.80 Å². The number of rotatable bonds is 2. The average Bonchev–Trinajstić information content (AvgIpc) is 2.18. The first kappa shape index (κ1) is 11.0. The first-order valence-electron chi connectivity index (χ1n) is 4.78. The van der Waals surface area contributed by atoms with E-state index in [-0.39, 0.29) is 24.4 Å². The number of nitrogens with two attached hydrogens (primary N) is 1. The van der Waals surface area contributed by atoms with Crippen LogP contribution in [-0.2, 0) is 9.59 Å². The smallest absolute Gasteiger partial charge is 0.242 e. The molecule has 2 N–H and O–H groups in total. The van der Waals surface area contributed by atoms with Crippen LogP contribution in [0.3, 0.4) is 0 Å². The fourth-order valence-corrected chi connectivity index (χ4v) is 1.48. The van der Waals surface area contributed by atoms with E-state index < -0.39 is 0 Å². The number of carbonyl (C=O) groups is 2. The van der Waals surface area contributed by atoms with Crippen molar-refractivity contribution in [2.24, 2.45) is 5.73 Å². The maximum absolute atomic E-state index is 11.6. The van der Waals surface area contributed by atoms with Gasteiger partial charge in [-0.15, -0.1) is 0 Å². The SMILES string of the molecule is CC(N)CN1CCC(=O)N(C)CC1=O. The topological polar surface area (TPSA) is 66.6 Å². The molecule has 1 heterocycles. The predicted octanol–water partition coefficient (Wildman–Crippen LogP) is -0.976. The van der Waals surface area contributed by atoms with Crippen molar-refractivity contribution in [3.63, 3.8) is 0 Å². The van der Waals surface area contributed by atoms with E-state index in [1.165, 1.54) is 4.90 Å². The summed E-state index contributed by atoms with van der Waals surface area (Å²) in [5, 5.41) is 0. The van der Waals surface area contributed by atoms with Gasteiger partial charge < -0.3 is 15.5 Å². The predicted molar refractivity (Wildman–Crippen MR) is 52.5 cm³/mol. The molecule has 80 valence electrons. The first-order chi connectivity index (χ1) is 6.50. The van der Waals surface area contributed by atoms with Crippen LogP contribution in [0.25, 0.3) is 0 Å².